The van der Waals surface area contributed by atoms with Crippen LogP contribution in [0.5, 0.6) is 5.75 Å². The van der Waals surface area contributed by atoms with E-state index in [-0.39, 0.29) is 0 Å². The van der Waals surface area contributed by atoms with Crippen LogP contribution in [-0.2, 0) is 20.7 Å². The number of methoxy groups -OCH3 is 1. The predicted octanol–water partition coefficient (Wildman–Crippen LogP) is 2.01. The smallest absolute Gasteiger partial charge is 0.463 e. The van der Waals surface area contributed by atoms with E-state index >= 15 is 0 Å². The van der Waals surface area contributed by atoms with E-state index in [1.54, 1.807) is 0 Å². The molecule has 1 aromatic carbocycles. The van der Waals surface area contributed by atoms with Crippen molar-refractivity contribution in [2.24, 2.45) is 0 Å². The number of halogens is 4. The largest absolute Gasteiger partial charge is 0.573 e. The highest BCUT2D eigenvalue weighted by Gasteiger charge is 2.31. The second kappa shape index (κ2) is 5.68. The molecule has 0 radical (unpaired) electrons. The van der Waals surface area contributed by atoms with Crippen molar-refractivity contribution >= 4 is 11.8 Å². The van der Waals surface area contributed by atoms with Crippen molar-refractivity contribution in [1.29, 1.82) is 0 Å². The van der Waals surface area contributed by atoms with Gasteiger partial charge in [-0.1, -0.05) is 0 Å². The van der Waals surface area contributed by atoms with Gasteiger partial charge >= 0.3 is 12.3 Å². The second-order valence-electron chi connectivity index (χ2n) is 3.39. The molecule has 0 atom stereocenters. The SMILES string of the molecule is COC(=O)C(=O)Cc1cc(OC(F)(F)F)ccc1F. The van der Waals surface area contributed by atoms with Crippen molar-refractivity contribution in [3.63, 3.8) is 0 Å². The summed E-state index contributed by atoms with van der Waals surface area (Å²) in [5.74, 6) is -3.89. The lowest BCUT2D eigenvalue weighted by molar-refractivity contribution is -0.274. The fourth-order valence-electron chi connectivity index (χ4n) is 1.24. The molecule has 0 aromatic heterocycles. The summed E-state index contributed by atoms with van der Waals surface area (Å²) in [5, 5.41) is 0. The van der Waals surface area contributed by atoms with E-state index in [2.05, 4.69) is 9.47 Å². The molecular weight excluding hydrogens is 272 g/mol. The molecule has 0 N–H and O–H groups in total. The summed E-state index contributed by atoms with van der Waals surface area (Å²) in [5.41, 5.74) is -0.392. The quantitative estimate of drug-likeness (QED) is 0.481. The van der Waals surface area contributed by atoms with Crippen LogP contribution in [0.2, 0.25) is 0 Å². The summed E-state index contributed by atoms with van der Waals surface area (Å²) in [6, 6.07) is 2.17. The van der Waals surface area contributed by atoms with Crippen molar-refractivity contribution < 1.29 is 36.6 Å². The Hall–Kier alpha value is -2.12. The van der Waals surface area contributed by atoms with Gasteiger partial charge in [0.25, 0.3) is 0 Å². The van der Waals surface area contributed by atoms with Crippen LogP contribution >= 0.6 is 0 Å². The maximum absolute atomic E-state index is 13.3. The number of esters is 1. The highest BCUT2D eigenvalue weighted by atomic mass is 19.4. The first-order valence-corrected chi connectivity index (χ1v) is 4.88. The third-order valence-corrected chi connectivity index (χ3v) is 2.01. The molecule has 0 unspecified atom stereocenters. The van der Waals surface area contributed by atoms with Gasteiger partial charge in [0.15, 0.2) is 0 Å². The standard InChI is InChI=1S/C11H8F4O4/c1-18-10(17)9(16)5-6-4-7(2-3-8(6)12)19-11(13,14)15/h2-4H,5H2,1H3. The number of rotatable bonds is 4. The van der Waals surface area contributed by atoms with Gasteiger partial charge in [0, 0.05) is 6.42 Å². The third-order valence-electron chi connectivity index (χ3n) is 2.01. The fourth-order valence-corrected chi connectivity index (χ4v) is 1.24. The van der Waals surface area contributed by atoms with Crippen molar-refractivity contribution in [2.75, 3.05) is 7.11 Å². The molecule has 0 fully saturated rings. The zero-order chi connectivity index (χ0) is 14.6. The predicted molar refractivity (Wildman–Crippen MR) is 53.8 cm³/mol. The maximum atomic E-state index is 13.3. The first-order valence-electron chi connectivity index (χ1n) is 4.88. The number of ketones is 1. The van der Waals surface area contributed by atoms with Gasteiger partial charge in [0.05, 0.1) is 7.11 Å². The van der Waals surface area contributed by atoms with Gasteiger partial charge in [-0.15, -0.1) is 13.2 Å². The van der Waals surface area contributed by atoms with Crippen LogP contribution < -0.4 is 4.74 Å². The number of hydrogen-bond acceptors (Lipinski definition) is 4. The summed E-state index contributed by atoms with van der Waals surface area (Å²) in [6.07, 6.45) is -5.64. The van der Waals surface area contributed by atoms with E-state index in [0.717, 1.165) is 13.2 Å². The van der Waals surface area contributed by atoms with Crippen LogP contribution in [0.15, 0.2) is 18.2 Å². The van der Waals surface area contributed by atoms with Gasteiger partial charge < -0.3 is 9.47 Å². The van der Waals surface area contributed by atoms with Crippen LogP contribution in [0.4, 0.5) is 17.6 Å². The number of hydrogen-bond donors (Lipinski definition) is 0. The third kappa shape index (κ3) is 4.57. The van der Waals surface area contributed by atoms with E-state index < -0.39 is 41.7 Å². The highest BCUT2D eigenvalue weighted by molar-refractivity contribution is 6.34. The molecule has 0 saturated heterocycles. The maximum Gasteiger partial charge on any atom is 0.573 e. The molecule has 0 spiro atoms. The minimum atomic E-state index is -4.93. The van der Waals surface area contributed by atoms with Gasteiger partial charge in [-0.2, -0.15) is 0 Å². The Morgan fingerprint density at radius 1 is 1.26 bits per heavy atom. The van der Waals surface area contributed by atoms with E-state index in [9.17, 15) is 27.2 Å². The lowest BCUT2D eigenvalue weighted by Gasteiger charge is -2.10. The Morgan fingerprint density at radius 3 is 2.42 bits per heavy atom. The highest BCUT2D eigenvalue weighted by Crippen LogP contribution is 2.25. The van der Waals surface area contributed by atoms with Gasteiger partial charge in [-0.05, 0) is 23.8 Å². The van der Waals surface area contributed by atoms with Gasteiger partial charge in [0.2, 0.25) is 5.78 Å². The molecule has 1 rings (SSSR count). The molecule has 1 aromatic rings. The second-order valence-corrected chi connectivity index (χ2v) is 3.39. The van der Waals surface area contributed by atoms with E-state index in [1.165, 1.54) is 0 Å². The number of benzene rings is 1. The average molecular weight is 280 g/mol. The summed E-state index contributed by atoms with van der Waals surface area (Å²) in [6.45, 7) is 0. The number of alkyl halides is 3. The lowest BCUT2D eigenvalue weighted by Crippen LogP contribution is -2.19. The van der Waals surface area contributed by atoms with Crippen molar-refractivity contribution in [3.8, 4) is 5.75 Å². The molecule has 0 amide bonds. The van der Waals surface area contributed by atoms with E-state index in [1.807, 2.05) is 0 Å². The van der Waals surface area contributed by atoms with Crippen LogP contribution in [-0.4, -0.2) is 25.2 Å². The van der Waals surface area contributed by atoms with Crippen molar-refractivity contribution in [2.45, 2.75) is 12.8 Å². The van der Waals surface area contributed by atoms with Gasteiger partial charge in [-0.3, -0.25) is 4.79 Å². The molecule has 19 heavy (non-hydrogen) atoms. The van der Waals surface area contributed by atoms with Gasteiger partial charge in [0.1, 0.15) is 11.6 Å². The molecule has 0 saturated carbocycles. The minimum Gasteiger partial charge on any atom is -0.463 e. The Bertz CT molecular complexity index is 496. The van der Waals surface area contributed by atoms with Crippen LogP contribution in [0.3, 0.4) is 0 Å². The van der Waals surface area contributed by atoms with E-state index in [0.29, 0.717) is 12.1 Å². The topological polar surface area (TPSA) is 52.6 Å². The fraction of sp³-hybridized carbons (Fsp3) is 0.273. The zero-order valence-electron chi connectivity index (χ0n) is 9.58. The first-order chi connectivity index (χ1) is 8.73. The van der Waals surface area contributed by atoms with Crippen LogP contribution in [0.1, 0.15) is 5.56 Å². The minimum absolute atomic E-state index is 0.392. The number of Topliss-reactive ketones (excluding diaryl/α,β-unsaturated/α-hetero) is 1. The Balaban J connectivity index is 2.92. The summed E-state index contributed by atoms with van der Waals surface area (Å²) >= 11 is 0. The number of carbonyl (C=O) groups is 2. The number of ether oxygens (including phenoxy) is 2. The number of carbonyl (C=O) groups excluding carboxylic acids is 2. The van der Waals surface area contributed by atoms with E-state index in [4.69, 9.17) is 0 Å². The molecule has 0 aliphatic heterocycles. The first kappa shape index (κ1) is 14.9. The van der Waals surface area contributed by atoms with Crippen LogP contribution in [0.25, 0.3) is 0 Å². The van der Waals surface area contributed by atoms with Gasteiger partial charge in [-0.25, -0.2) is 9.18 Å². The molecule has 0 aliphatic rings. The molecule has 104 valence electrons. The molecule has 4 nitrogen and oxygen atoms in total. The monoisotopic (exact) mass is 280 g/mol. The average Bonchev–Trinajstić information content (AvgIpc) is 2.30. The molecular formula is C11H8F4O4. The van der Waals surface area contributed by atoms with Crippen molar-refractivity contribution in [1.82, 2.24) is 0 Å². The summed E-state index contributed by atoms with van der Waals surface area (Å²) in [7, 11) is 0.958. The molecule has 8 heteroatoms. The molecule has 0 aliphatic carbocycles. The zero-order valence-corrected chi connectivity index (χ0v) is 9.58. The summed E-state index contributed by atoms with van der Waals surface area (Å²) in [4.78, 5) is 22.0. The van der Waals surface area contributed by atoms with Crippen LogP contribution in [0, 0.1) is 5.82 Å². The normalized spacial score (nSPS) is 11.0. The summed E-state index contributed by atoms with van der Waals surface area (Å²) < 4.78 is 56.9. The van der Waals surface area contributed by atoms with Crippen molar-refractivity contribution in [3.05, 3.63) is 29.6 Å². The Morgan fingerprint density at radius 2 is 1.89 bits per heavy atom. The molecule has 0 bridgehead atoms. The lowest BCUT2D eigenvalue weighted by atomic mass is 10.1. The molecule has 0 heterocycles. The Labute approximate surface area is 104 Å². The Kier molecular flexibility index (Phi) is 4.47.